The number of nitrogens with one attached hydrogen (secondary N) is 3. The summed E-state index contributed by atoms with van der Waals surface area (Å²) < 4.78 is 4.78. The maximum atomic E-state index is 13.0. The van der Waals surface area contributed by atoms with Crippen LogP contribution in [0.4, 0.5) is 5.95 Å². The second kappa shape index (κ2) is 12.5. The van der Waals surface area contributed by atoms with Gasteiger partial charge in [0.1, 0.15) is 11.8 Å². The topological polar surface area (TPSA) is 143 Å². The summed E-state index contributed by atoms with van der Waals surface area (Å²) in [5.41, 5.74) is 1.74. The van der Waals surface area contributed by atoms with E-state index in [-0.39, 0.29) is 23.8 Å². The third-order valence-electron chi connectivity index (χ3n) is 5.11. The molecule has 10 nitrogen and oxygen atoms in total. The van der Waals surface area contributed by atoms with E-state index in [1.54, 1.807) is 55.6 Å². The number of hydrogen-bond donors (Lipinski definition) is 4. The number of methoxy groups -OCH3 is 1. The van der Waals surface area contributed by atoms with Crippen molar-refractivity contribution in [3.63, 3.8) is 0 Å². The lowest BCUT2D eigenvalue weighted by atomic mass is 10.1. The number of carbonyl (C=O) groups is 3. The van der Waals surface area contributed by atoms with Crippen molar-refractivity contribution in [2.24, 2.45) is 0 Å². The highest BCUT2D eigenvalue weighted by atomic mass is 32.1. The Morgan fingerprint density at radius 2 is 1.81 bits per heavy atom. The van der Waals surface area contributed by atoms with Crippen molar-refractivity contribution in [1.29, 1.82) is 0 Å². The minimum Gasteiger partial charge on any atom is -0.507 e. The maximum Gasteiger partial charge on any atom is 0.330 e. The zero-order valence-corrected chi connectivity index (χ0v) is 20.9. The number of ether oxygens (including phenoxy) is 1. The van der Waals surface area contributed by atoms with Crippen LogP contribution >= 0.6 is 11.3 Å². The number of carbonyl (C=O) groups excluding carboxylic acids is 3. The second-order valence-electron chi connectivity index (χ2n) is 7.67. The number of para-hydroxylation sites is 1. The van der Waals surface area contributed by atoms with Gasteiger partial charge in [0, 0.05) is 18.7 Å². The van der Waals surface area contributed by atoms with Crippen molar-refractivity contribution >= 4 is 41.1 Å². The molecule has 2 aromatic heterocycles. The quantitative estimate of drug-likeness (QED) is 0.306. The standard InChI is InChI=1S/C25H27N5O5S/c1-15-21(16(2)29-25(28-15)26-12-6-9-17-8-4-5-10-19(17)31)23(33)30-18(24(34)35-3)14-27-22(32)20-11-7-13-36-20/h4-11,13,18,31H,12,14H2,1-3H3,(H,27,32)(H,30,33)(H,26,28,29)/t18-/m0/s1. The molecule has 4 N–H and O–H groups in total. The number of esters is 1. The summed E-state index contributed by atoms with van der Waals surface area (Å²) in [6.45, 7) is 3.58. The number of thiophene rings is 1. The zero-order chi connectivity index (χ0) is 26.1. The van der Waals surface area contributed by atoms with E-state index in [9.17, 15) is 19.5 Å². The van der Waals surface area contributed by atoms with Gasteiger partial charge in [0.15, 0.2) is 0 Å². The van der Waals surface area contributed by atoms with Crippen molar-refractivity contribution in [2.45, 2.75) is 19.9 Å². The lowest BCUT2D eigenvalue weighted by Gasteiger charge is -2.18. The average molecular weight is 510 g/mol. The number of aryl methyl sites for hydroxylation is 2. The fourth-order valence-electron chi connectivity index (χ4n) is 3.34. The Bertz CT molecular complexity index is 1240. The first-order valence-electron chi connectivity index (χ1n) is 11.0. The summed E-state index contributed by atoms with van der Waals surface area (Å²) in [5, 5.41) is 19.9. The predicted molar refractivity (Wildman–Crippen MR) is 137 cm³/mol. The highest BCUT2D eigenvalue weighted by Gasteiger charge is 2.25. The number of rotatable bonds is 10. The van der Waals surface area contributed by atoms with E-state index >= 15 is 0 Å². The van der Waals surface area contributed by atoms with E-state index in [1.165, 1.54) is 18.4 Å². The summed E-state index contributed by atoms with van der Waals surface area (Å²) in [7, 11) is 1.20. The molecule has 11 heteroatoms. The fraction of sp³-hybridized carbons (Fsp3) is 0.240. The number of nitrogens with zero attached hydrogens (tertiary/aromatic N) is 2. The van der Waals surface area contributed by atoms with Crippen molar-refractivity contribution in [1.82, 2.24) is 20.6 Å². The molecule has 0 saturated heterocycles. The molecule has 0 spiro atoms. The Balaban J connectivity index is 1.64. The van der Waals surface area contributed by atoms with Crippen molar-refractivity contribution in [3.05, 3.63) is 75.2 Å². The van der Waals surface area contributed by atoms with Gasteiger partial charge in [0.25, 0.3) is 11.8 Å². The molecule has 3 rings (SSSR count). The van der Waals surface area contributed by atoms with Gasteiger partial charge in [-0.15, -0.1) is 11.3 Å². The number of aromatic hydroxyl groups is 1. The van der Waals surface area contributed by atoms with Gasteiger partial charge in [-0.1, -0.05) is 36.4 Å². The highest BCUT2D eigenvalue weighted by Crippen LogP contribution is 2.17. The molecule has 0 aliphatic rings. The van der Waals surface area contributed by atoms with Gasteiger partial charge in [0.2, 0.25) is 5.95 Å². The van der Waals surface area contributed by atoms with Gasteiger partial charge in [-0.2, -0.15) is 0 Å². The van der Waals surface area contributed by atoms with Crippen molar-refractivity contribution in [3.8, 4) is 5.75 Å². The minimum atomic E-state index is -1.09. The van der Waals surface area contributed by atoms with Crippen molar-refractivity contribution < 1.29 is 24.2 Å². The molecular weight excluding hydrogens is 482 g/mol. The number of benzene rings is 1. The summed E-state index contributed by atoms with van der Waals surface area (Å²) in [5.74, 6) is -1.09. The van der Waals surface area contributed by atoms with Crippen LogP contribution in [0, 0.1) is 13.8 Å². The zero-order valence-electron chi connectivity index (χ0n) is 20.1. The number of phenols is 1. The molecule has 36 heavy (non-hydrogen) atoms. The minimum absolute atomic E-state index is 0.142. The summed E-state index contributed by atoms with van der Waals surface area (Å²) in [4.78, 5) is 46.6. The van der Waals surface area contributed by atoms with Gasteiger partial charge in [-0.05, 0) is 31.4 Å². The molecular formula is C25H27N5O5S. The van der Waals surface area contributed by atoms with Crippen LogP contribution in [0.25, 0.3) is 6.08 Å². The van der Waals surface area contributed by atoms with E-state index in [0.717, 1.165) is 0 Å². The predicted octanol–water partition coefficient (Wildman–Crippen LogP) is 2.69. The number of amides is 2. The van der Waals surface area contributed by atoms with Crippen LogP contribution in [0.15, 0.2) is 47.9 Å². The lowest BCUT2D eigenvalue weighted by molar-refractivity contribution is -0.142. The van der Waals surface area contributed by atoms with Gasteiger partial charge in [-0.3, -0.25) is 9.59 Å². The van der Waals surface area contributed by atoms with E-state index in [0.29, 0.717) is 34.3 Å². The van der Waals surface area contributed by atoms with E-state index in [2.05, 4.69) is 25.9 Å². The van der Waals surface area contributed by atoms with Crippen LogP contribution in [-0.4, -0.2) is 59.1 Å². The molecule has 0 bridgehead atoms. The van der Waals surface area contributed by atoms with E-state index in [4.69, 9.17) is 4.74 Å². The first-order valence-corrected chi connectivity index (χ1v) is 11.9. The maximum absolute atomic E-state index is 13.0. The second-order valence-corrected chi connectivity index (χ2v) is 8.62. The number of phenolic OH excluding ortho intramolecular Hbond substituents is 1. The highest BCUT2D eigenvalue weighted by molar-refractivity contribution is 7.12. The Morgan fingerprint density at radius 1 is 1.08 bits per heavy atom. The van der Waals surface area contributed by atoms with Gasteiger partial charge < -0.3 is 25.8 Å². The van der Waals surface area contributed by atoms with Crippen LogP contribution in [0.1, 0.15) is 37.0 Å². The molecule has 0 unspecified atom stereocenters. The van der Waals surface area contributed by atoms with Gasteiger partial charge >= 0.3 is 5.97 Å². The Kier molecular flexibility index (Phi) is 9.12. The van der Waals surface area contributed by atoms with Gasteiger partial charge in [-0.25, -0.2) is 14.8 Å². The van der Waals surface area contributed by atoms with Crippen LogP contribution < -0.4 is 16.0 Å². The molecule has 3 aromatic rings. The van der Waals surface area contributed by atoms with Crippen molar-refractivity contribution in [2.75, 3.05) is 25.5 Å². The number of hydrogen-bond acceptors (Lipinski definition) is 9. The third kappa shape index (κ3) is 6.89. The lowest BCUT2D eigenvalue weighted by Crippen LogP contribution is -2.49. The molecule has 188 valence electrons. The van der Waals surface area contributed by atoms with Crippen LogP contribution in [-0.2, 0) is 9.53 Å². The summed E-state index contributed by atoms with van der Waals surface area (Å²) in [6, 6.07) is 9.28. The summed E-state index contributed by atoms with van der Waals surface area (Å²) in [6.07, 6.45) is 3.59. The summed E-state index contributed by atoms with van der Waals surface area (Å²) >= 11 is 1.27. The van der Waals surface area contributed by atoms with Crippen LogP contribution in [0.2, 0.25) is 0 Å². The molecule has 2 amide bonds. The fourth-order valence-corrected chi connectivity index (χ4v) is 3.98. The van der Waals surface area contributed by atoms with E-state index in [1.807, 2.05) is 12.1 Å². The first-order chi connectivity index (χ1) is 17.3. The molecule has 1 atom stereocenters. The van der Waals surface area contributed by atoms with Crippen LogP contribution in [0.3, 0.4) is 0 Å². The molecule has 0 aliphatic heterocycles. The Morgan fingerprint density at radius 3 is 2.44 bits per heavy atom. The van der Waals surface area contributed by atoms with Gasteiger partial charge in [0.05, 0.1) is 28.9 Å². The Hall–Kier alpha value is -4.25. The third-order valence-corrected chi connectivity index (χ3v) is 5.98. The molecule has 0 saturated carbocycles. The molecule has 2 heterocycles. The molecule has 1 aromatic carbocycles. The average Bonchev–Trinajstić information content (AvgIpc) is 3.39. The monoisotopic (exact) mass is 509 g/mol. The SMILES string of the molecule is COC(=O)[C@H](CNC(=O)c1cccs1)NC(=O)c1c(C)nc(NCC=Cc2ccccc2O)nc1C. The normalized spacial score (nSPS) is 11.6. The molecule has 0 fully saturated rings. The van der Waals surface area contributed by atoms with Crippen LogP contribution in [0.5, 0.6) is 5.75 Å². The largest absolute Gasteiger partial charge is 0.507 e. The number of aromatic nitrogens is 2. The molecule has 0 radical (unpaired) electrons. The Labute approximate surface area is 212 Å². The number of anilines is 1. The smallest absolute Gasteiger partial charge is 0.330 e. The van der Waals surface area contributed by atoms with E-state index < -0.39 is 17.9 Å². The first kappa shape index (κ1) is 26.4. The molecule has 0 aliphatic carbocycles.